The SMILES string of the molecule is CCCn1cc(C(=O)NC(C)(COC)C(=O)O)cn1. The van der Waals surface area contributed by atoms with Crippen molar-refractivity contribution in [3.8, 4) is 0 Å². The van der Waals surface area contributed by atoms with Gasteiger partial charge in [0.15, 0.2) is 5.54 Å². The van der Waals surface area contributed by atoms with Crippen LogP contribution in [0.1, 0.15) is 30.6 Å². The minimum Gasteiger partial charge on any atom is -0.479 e. The molecule has 19 heavy (non-hydrogen) atoms. The Morgan fingerprint density at radius 2 is 2.26 bits per heavy atom. The highest BCUT2D eigenvalue weighted by Gasteiger charge is 2.35. The van der Waals surface area contributed by atoms with Gasteiger partial charge < -0.3 is 15.2 Å². The molecule has 0 radical (unpaired) electrons. The number of aliphatic carboxylic acids is 1. The summed E-state index contributed by atoms with van der Waals surface area (Å²) in [6, 6.07) is 0. The van der Waals surface area contributed by atoms with Crippen LogP contribution in [-0.4, -0.2) is 46.0 Å². The van der Waals surface area contributed by atoms with Crippen LogP contribution in [-0.2, 0) is 16.1 Å². The van der Waals surface area contributed by atoms with Crippen molar-refractivity contribution in [1.29, 1.82) is 0 Å². The molecule has 0 fully saturated rings. The fourth-order valence-electron chi connectivity index (χ4n) is 1.59. The number of hydrogen-bond donors (Lipinski definition) is 2. The maximum Gasteiger partial charge on any atom is 0.331 e. The van der Waals surface area contributed by atoms with E-state index in [2.05, 4.69) is 10.4 Å². The number of methoxy groups -OCH3 is 1. The summed E-state index contributed by atoms with van der Waals surface area (Å²) < 4.78 is 6.47. The van der Waals surface area contributed by atoms with Gasteiger partial charge in [-0.2, -0.15) is 5.10 Å². The lowest BCUT2D eigenvalue weighted by molar-refractivity contribution is -0.145. The lowest BCUT2D eigenvalue weighted by Crippen LogP contribution is -2.55. The van der Waals surface area contributed by atoms with Gasteiger partial charge in [-0.15, -0.1) is 0 Å². The number of ether oxygens (including phenoxy) is 1. The highest BCUT2D eigenvalue weighted by Crippen LogP contribution is 2.08. The first kappa shape index (κ1) is 15.2. The van der Waals surface area contributed by atoms with Gasteiger partial charge in [0.05, 0.1) is 18.4 Å². The third-order valence-electron chi connectivity index (χ3n) is 2.64. The van der Waals surface area contributed by atoms with E-state index >= 15 is 0 Å². The number of carbonyl (C=O) groups is 2. The van der Waals surface area contributed by atoms with Crippen LogP contribution >= 0.6 is 0 Å². The van der Waals surface area contributed by atoms with Gasteiger partial charge in [-0.3, -0.25) is 9.48 Å². The van der Waals surface area contributed by atoms with Crippen LogP contribution in [0.5, 0.6) is 0 Å². The Hall–Kier alpha value is -1.89. The maximum absolute atomic E-state index is 12.0. The molecular formula is C12H19N3O4. The van der Waals surface area contributed by atoms with Crippen molar-refractivity contribution in [3.05, 3.63) is 18.0 Å². The van der Waals surface area contributed by atoms with Crippen LogP contribution in [0.15, 0.2) is 12.4 Å². The molecule has 106 valence electrons. The van der Waals surface area contributed by atoms with Crippen molar-refractivity contribution in [2.75, 3.05) is 13.7 Å². The third kappa shape index (κ3) is 3.78. The van der Waals surface area contributed by atoms with E-state index < -0.39 is 17.4 Å². The van der Waals surface area contributed by atoms with Crippen molar-refractivity contribution < 1.29 is 19.4 Å². The standard InChI is InChI=1S/C12H19N3O4/c1-4-5-15-7-9(6-13-15)10(16)14-12(2,8-19-3)11(17)18/h6-7H,4-5,8H2,1-3H3,(H,14,16)(H,17,18). The summed E-state index contributed by atoms with van der Waals surface area (Å²) >= 11 is 0. The van der Waals surface area contributed by atoms with E-state index in [0.29, 0.717) is 12.1 Å². The van der Waals surface area contributed by atoms with Crippen molar-refractivity contribution in [3.63, 3.8) is 0 Å². The summed E-state index contributed by atoms with van der Waals surface area (Å²) in [5.41, 5.74) is -1.13. The van der Waals surface area contributed by atoms with Gasteiger partial charge in [0.1, 0.15) is 0 Å². The molecule has 1 rings (SSSR count). The number of aryl methyl sites for hydroxylation is 1. The quantitative estimate of drug-likeness (QED) is 0.752. The van der Waals surface area contributed by atoms with Crippen LogP contribution in [0.2, 0.25) is 0 Å². The number of rotatable bonds is 7. The Kier molecular flexibility index (Phi) is 5.05. The molecule has 1 amide bonds. The van der Waals surface area contributed by atoms with E-state index in [4.69, 9.17) is 9.84 Å². The molecule has 1 aromatic heterocycles. The Morgan fingerprint density at radius 3 is 2.79 bits per heavy atom. The smallest absolute Gasteiger partial charge is 0.331 e. The van der Waals surface area contributed by atoms with E-state index in [9.17, 15) is 9.59 Å². The molecule has 7 nitrogen and oxygen atoms in total. The van der Waals surface area contributed by atoms with Gasteiger partial charge in [0.25, 0.3) is 5.91 Å². The Bertz CT molecular complexity index is 458. The van der Waals surface area contributed by atoms with Gasteiger partial charge in [0, 0.05) is 19.9 Å². The number of amides is 1. The topological polar surface area (TPSA) is 93.5 Å². The predicted octanol–water partition coefficient (Wildman–Crippen LogP) is 0.513. The summed E-state index contributed by atoms with van der Waals surface area (Å²) in [6.07, 6.45) is 3.91. The van der Waals surface area contributed by atoms with Gasteiger partial charge in [0.2, 0.25) is 0 Å². The first-order valence-corrected chi connectivity index (χ1v) is 6.00. The minimum absolute atomic E-state index is 0.114. The lowest BCUT2D eigenvalue weighted by atomic mass is 10.0. The summed E-state index contributed by atoms with van der Waals surface area (Å²) in [6.45, 7) is 3.99. The normalized spacial score (nSPS) is 13.8. The van der Waals surface area contributed by atoms with Gasteiger partial charge in [-0.05, 0) is 13.3 Å². The molecule has 7 heteroatoms. The first-order valence-electron chi connectivity index (χ1n) is 6.00. The Balaban J connectivity index is 2.78. The number of hydrogen-bond acceptors (Lipinski definition) is 4. The molecule has 0 saturated carbocycles. The molecule has 0 spiro atoms. The number of carboxylic acid groups (broad SMARTS) is 1. The Labute approximate surface area is 111 Å². The monoisotopic (exact) mass is 269 g/mol. The molecule has 0 saturated heterocycles. The number of nitrogens with one attached hydrogen (secondary N) is 1. The summed E-state index contributed by atoms with van der Waals surface area (Å²) in [5.74, 6) is -1.63. The van der Waals surface area contributed by atoms with Gasteiger partial charge in [-0.25, -0.2) is 4.79 Å². The van der Waals surface area contributed by atoms with Crippen molar-refractivity contribution in [2.24, 2.45) is 0 Å². The zero-order valence-electron chi connectivity index (χ0n) is 11.3. The number of nitrogens with zero attached hydrogens (tertiary/aromatic N) is 2. The van der Waals surface area contributed by atoms with E-state index in [1.807, 2.05) is 6.92 Å². The fourth-order valence-corrected chi connectivity index (χ4v) is 1.59. The molecule has 0 aliphatic heterocycles. The second kappa shape index (κ2) is 6.33. The largest absolute Gasteiger partial charge is 0.479 e. The highest BCUT2D eigenvalue weighted by molar-refractivity contribution is 5.97. The van der Waals surface area contributed by atoms with E-state index in [-0.39, 0.29) is 6.61 Å². The van der Waals surface area contributed by atoms with Crippen molar-refractivity contribution in [2.45, 2.75) is 32.4 Å². The van der Waals surface area contributed by atoms with Crippen LogP contribution in [0.4, 0.5) is 0 Å². The van der Waals surface area contributed by atoms with Crippen LogP contribution in [0.25, 0.3) is 0 Å². The fraction of sp³-hybridized carbons (Fsp3) is 0.583. The first-order chi connectivity index (χ1) is 8.92. The van der Waals surface area contributed by atoms with Crippen molar-refractivity contribution in [1.82, 2.24) is 15.1 Å². The van der Waals surface area contributed by atoms with Gasteiger partial charge >= 0.3 is 5.97 Å². The van der Waals surface area contributed by atoms with Crippen LogP contribution < -0.4 is 5.32 Å². The summed E-state index contributed by atoms with van der Waals surface area (Å²) in [7, 11) is 1.38. The Morgan fingerprint density at radius 1 is 1.58 bits per heavy atom. The van der Waals surface area contributed by atoms with E-state index in [1.165, 1.54) is 20.2 Å². The molecule has 2 N–H and O–H groups in total. The molecule has 1 heterocycles. The maximum atomic E-state index is 12.0. The average Bonchev–Trinajstić information content (AvgIpc) is 2.78. The summed E-state index contributed by atoms with van der Waals surface area (Å²) in [5, 5.41) is 15.6. The highest BCUT2D eigenvalue weighted by atomic mass is 16.5. The molecule has 0 aromatic carbocycles. The van der Waals surface area contributed by atoms with Crippen molar-refractivity contribution >= 4 is 11.9 Å². The molecular weight excluding hydrogens is 250 g/mol. The molecule has 0 aliphatic carbocycles. The number of carbonyl (C=O) groups excluding carboxylic acids is 1. The third-order valence-corrected chi connectivity index (χ3v) is 2.64. The van der Waals surface area contributed by atoms with E-state index in [1.54, 1.807) is 10.9 Å². The molecule has 1 atom stereocenters. The second-order valence-electron chi connectivity index (χ2n) is 4.52. The average molecular weight is 269 g/mol. The molecule has 0 bridgehead atoms. The van der Waals surface area contributed by atoms with E-state index in [0.717, 1.165) is 6.42 Å². The van der Waals surface area contributed by atoms with Crippen LogP contribution in [0, 0.1) is 0 Å². The molecule has 1 unspecified atom stereocenters. The molecule has 1 aromatic rings. The zero-order chi connectivity index (χ0) is 14.5. The predicted molar refractivity (Wildman–Crippen MR) is 67.9 cm³/mol. The van der Waals surface area contributed by atoms with Crippen LogP contribution in [0.3, 0.4) is 0 Å². The second-order valence-corrected chi connectivity index (χ2v) is 4.52. The summed E-state index contributed by atoms with van der Waals surface area (Å²) in [4.78, 5) is 23.1. The minimum atomic E-state index is -1.46. The molecule has 0 aliphatic rings. The number of carboxylic acids is 1. The zero-order valence-corrected chi connectivity index (χ0v) is 11.3. The number of aromatic nitrogens is 2. The lowest BCUT2D eigenvalue weighted by Gasteiger charge is -2.24. The van der Waals surface area contributed by atoms with Gasteiger partial charge in [-0.1, -0.05) is 6.92 Å².